The van der Waals surface area contributed by atoms with Crippen molar-refractivity contribution in [3.63, 3.8) is 0 Å². The summed E-state index contributed by atoms with van der Waals surface area (Å²) in [6, 6.07) is 11.3. The first kappa shape index (κ1) is 19.6. The van der Waals surface area contributed by atoms with Gasteiger partial charge < -0.3 is 19.0 Å². The zero-order valence-electron chi connectivity index (χ0n) is 15.4. The number of aromatic carboxylic acids is 1. The molecule has 0 atom stereocenters. The Kier molecular flexibility index (Phi) is 6.21. The number of aromatic nitrogens is 1. The Labute approximate surface area is 165 Å². The number of ether oxygens (including phenoxy) is 2. The maximum Gasteiger partial charge on any atom is 0.371 e. The molecule has 0 saturated heterocycles. The molecule has 0 saturated carbocycles. The maximum atomic E-state index is 11.9. The Morgan fingerprint density at radius 3 is 2.79 bits per heavy atom. The highest BCUT2D eigenvalue weighted by Crippen LogP contribution is 2.28. The SMILES string of the molecule is COc1cc(/C=N/NC(=O)c2cccnc2)ccc1OCc1ccc(C(=O)O)o1. The molecule has 2 aromatic heterocycles. The number of rotatable bonds is 8. The minimum Gasteiger partial charge on any atom is -0.493 e. The van der Waals surface area contributed by atoms with Crippen molar-refractivity contribution in [2.75, 3.05) is 7.11 Å². The predicted molar refractivity (Wildman–Crippen MR) is 102 cm³/mol. The van der Waals surface area contributed by atoms with E-state index >= 15 is 0 Å². The largest absolute Gasteiger partial charge is 0.493 e. The molecular weight excluding hydrogens is 378 g/mol. The summed E-state index contributed by atoms with van der Waals surface area (Å²) in [5.41, 5.74) is 3.49. The minimum absolute atomic E-state index is 0.0399. The molecule has 0 aliphatic heterocycles. The van der Waals surface area contributed by atoms with Gasteiger partial charge in [0.25, 0.3) is 5.91 Å². The minimum atomic E-state index is -1.15. The molecule has 1 amide bonds. The summed E-state index contributed by atoms with van der Waals surface area (Å²) < 4.78 is 16.1. The van der Waals surface area contributed by atoms with Crippen LogP contribution in [0.3, 0.4) is 0 Å². The van der Waals surface area contributed by atoms with Crippen molar-refractivity contribution < 1.29 is 28.6 Å². The number of carboxylic acids is 1. The van der Waals surface area contributed by atoms with Crippen LogP contribution in [0.25, 0.3) is 0 Å². The van der Waals surface area contributed by atoms with Gasteiger partial charge in [0.2, 0.25) is 5.76 Å². The van der Waals surface area contributed by atoms with Crippen LogP contribution in [0.5, 0.6) is 11.5 Å². The van der Waals surface area contributed by atoms with Crippen LogP contribution in [-0.2, 0) is 6.61 Å². The number of hydrazone groups is 1. The smallest absolute Gasteiger partial charge is 0.371 e. The number of furan rings is 1. The van der Waals surface area contributed by atoms with Crippen LogP contribution in [0.1, 0.15) is 32.2 Å². The van der Waals surface area contributed by atoms with Crippen LogP contribution in [0, 0.1) is 0 Å². The second-order valence-corrected chi connectivity index (χ2v) is 5.71. The Balaban J connectivity index is 1.61. The van der Waals surface area contributed by atoms with Crippen LogP contribution in [0.2, 0.25) is 0 Å². The van der Waals surface area contributed by atoms with Crippen molar-refractivity contribution in [1.29, 1.82) is 0 Å². The number of nitrogens with one attached hydrogen (secondary N) is 1. The van der Waals surface area contributed by atoms with Gasteiger partial charge in [0, 0.05) is 12.4 Å². The molecule has 2 heterocycles. The Hall–Kier alpha value is -4.14. The summed E-state index contributed by atoms with van der Waals surface area (Å²) in [6.07, 6.45) is 4.48. The number of hydrogen-bond donors (Lipinski definition) is 2. The standard InChI is InChI=1S/C20H17N3O6/c1-27-18-9-13(10-22-23-19(24)14-3-2-8-21-11-14)4-6-16(18)28-12-15-5-7-17(29-15)20(25)26/h2-11H,12H2,1H3,(H,23,24)(H,25,26)/b22-10+. The van der Waals surface area contributed by atoms with E-state index in [0.717, 1.165) is 0 Å². The van der Waals surface area contributed by atoms with E-state index in [9.17, 15) is 9.59 Å². The molecule has 1 aromatic carbocycles. The van der Waals surface area contributed by atoms with Gasteiger partial charge in [-0.05, 0) is 48.0 Å². The molecule has 0 aliphatic carbocycles. The maximum absolute atomic E-state index is 11.9. The molecular formula is C20H17N3O6. The molecule has 0 fully saturated rings. The van der Waals surface area contributed by atoms with Gasteiger partial charge in [0.1, 0.15) is 12.4 Å². The molecule has 0 unspecified atom stereocenters. The number of nitrogens with zero attached hydrogens (tertiary/aromatic N) is 2. The van der Waals surface area contributed by atoms with Crippen molar-refractivity contribution in [2.24, 2.45) is 5.10 Å². The Bertz CT molecular complexity index is 1030. The number of hydrogen-bond acceptors (Lipinski definition) is 7. The van der Waals surface area contributed by atoms with Crippen molar-refractivity contribution in [3.05, 3.63) is 77.5 Å². The van der Waals surface area contributed by atoms with E-state index in [2.05, 4.69) is 15.5 Å². The lowest BCUT2D eigenvalue weighted by molar-refractivity contribution is 0.0657. The van der Waals surface area contributed by atoms with E-state index in [-0.39, 0.29) is 18.3 Å². The van der Waals surface area contributed by atoms with Crippen LogP contribution in [0.15, 0.2) is 64.4 Å². The number of methoxy groups -OCH3 is 1. The van der Waals surface area contributed by atoms with Gasteiger partial charge in [0.05, 0.1) is 18.9 Å². The third-order valence-electron chi connectivity index (χ3n) is 3.73. The fourth-order valence-electron chi connectivity index (χ4n) is 2.33. The third kappa shape index (κ3) is 5.19. The van der Waals surface area contributed by atoms with Crippen molar-refractivity contribution in [3.8, 4) is 11.5 Å². The molecule has 29 heavy (non-hydrogen) atoms. The molecule has 148 valence electrons. The molecule has 0 radical (unpaired) electrons. The summed E-state index contributed by atoms with van der Waals surface area (Å²) in [6.45, 7) is 0.0399. The molecule has 0 bridgehead atoms. The topological polar surface area (TPSA) is 123 Å². The van der Waals surface area contributed by atoms with Gasteiger partial charge in [-0.3, -0.25) is 9.78 Å². The van der Waals surface area contributed by atoms with Crippen LogP contribution < -0.4 is 14.9 Å². The molecule has 2 N–H and O–H groups in total. The van der Waals surface area contributed by atoms with Gasteiger partial charge in [-0.2, -0.15) is 5.10 Å². The van der Waals surface area contributed by atoms with E-state index in [1.807, 2.05) is 0 Å². The summed E-state index contributed by atoms with van der Waals surface area (Å²) in [4.78, 5) is 26.6. The van der Waals surface area contributed by atoms with Gasteiger partial charge in [-0.15, -0.1) is 0 Å². The lowest BCUT2D eigenvalue weighted by Crippen LogP contribution is -2.17. The van der Waals surface area contributed by atoms with E-state index in [1.165, 1.54) is 31.7 Å². The zero-order chi connectivity index (χ0) is 20.6. The van der Waals surface area contributed by atoms with Crippen molar-refractivity contribution in [1.82, 2.24) is 10.4 Å². The molecule has 3 aromatic rings. The summed E-state index contributed by atoms with van der Waals surface area (Å²) in [5.74, 6) is -0.424. The quantitative estimate of drug-likeness (QED) is 0.444. The average molecular weight is 395 g/mol. The number of carbonyl (C=O) groups is 2. The zero-order valence-corrected chi connectivity index (χ0v) is 15.4. The molecule has 9 nitrogen and oxygen atoms in total. The van der Waals surface area contributed by atoms with E-state index in [4.69, 9.17) is 19.0 Å². The van der Waals surface area contributed by atoms with Crippen molar-refractivity contribution >= 4 is 18.1 Å². The van der Waals surface area contributed by atoms with Crippen LogP contribution in [-0.4, -0.2) is 35.3 Å². The van der Waals surface area contributed by atoms with Gasteiger partial charge >= 0.3 is 5.97 Å². The summed E-state index contributed by atoms with van der Waals surface area (Å²) >= 11 is 0. The highest BCUT2D eigenvalue weighted by Gasteiger charge is 2.11. The first-order valence-corrected chi connectivity index (χ1v) is 8.43. The normalized spacial score (nSPS) is 10.7. The van der Waals surface area contributed by atoms with Gasteiger partial charge in [0.15, 0.2) is 11.5 Å². The first-order chi connectivity index (χ1) is 14.1. The lowest BCUT2D eigenvalue weighted by Gasteiger charge is -2.10. The van der Waals surface area contributed by atoms with E-state index < -0.39 is 5.97 Å². The fourth-order valence-corrected chi connectivity index (χ4v) is 2.33. The fraction of sp³-hybridized carbons (Fsp3) is 0.100. The van der Waals surface area contributed by atoms with Crippen molar-refractivity contribution in [2.45, 2.75) is 6.61 Å². The highest BCUT2D eigenvalue weighted by molar-refractivity contribution is 5.94. The first-order valence-electron chi connectivity index (χ1n) is 8.43. The second-order valence-electron chi connectivity index (χ2n) is 5.71. The monoisotopic (exact) mass is 395 g/mol. The second kappa shape index (κ2) is 9.18. The molecule has 0 spiro atoms. The highest BCUT2D eigenvalue weighted by atomic mass is 16.5. The van der Waals surface area contributed by atoms with E-state index in [1.54, 1.807) is 36.5 Å². The average Bonchev–Trinajstić information content (AvgIpc) is 3.22. The molecule has 0 aliphatic rings. The number of benzene rings is 1. The lowest BCUT2D eigenvalue weighted by atomic mass is 10.2. The number of carboxylic acid groups (broad SMARTS) is 1. The Morgan fingerprint density at radius 1 is 1.24 bits per heavy atom. The van der Waals surface area contributed by atoms with Gasteiger partial charge in [-0.1, -0.05) is 0 Å². The summed E-state index contributed by atoms with van der Waals surface area (Å²) in [5, 5.41) is 12.8. The third-order valence-corrected chi connectivity index (χ3v) is 3.73. The molecule has 9 heteroatoms. The number of amides is 1. The summed E-state index contributed by atoms with van der Waals surface area (Å²) in [7, 11) is 1.49. The van der Waals surface area contributed by atoms with Crippen LogP contribution in [0.4, 0.5) is 0 Å². The van der Waals surface area contributed by atoms with Gasteiger partial charge in [-0.25, -0.2) is 10.2 Å². The number of pyridine rings is 1. The van der Waals surface area contributed by atoms with E-state index in [0.29, 0.717) is 28.4 Å². The Morgan fingerprint density at radius 2 is 2.10 bits per heavy atom. The van der Waals surface area contributed by atoms with Crippen LogP contribution >= 0.6 is 0 Å². The molecule has 3 rings (SSSR count). The number of carbonyl (C=O) groups excluding carboxylic acids is 1. The predicted octanol–water partition coefficient (Wildman–Crippen LogP) is 2.72.